The third-order valence-electron chi connectivity index (χ3n) is 7.24. The topological polar surface area (TPSA) is 62.5 Å². The van der Waals surface area contributed by atoms with Gasteiger partial charge in [0.2, 0.25) is 5.88 Å². The summed E-state index contributed by atoms with van der Waals surface area (Å²) in [5.41, 5.74) is 4.81. The van der Waals surface area contributed by atoms with Crippen molar-refractivity contribution in [1.29, 1.82) is 0 Å². The Labute approximate surface area is 217 Å². The summed E-state index contributed by atoms with van der Waals surface area (Å²) in [6, 6.07) is 4.30. The van der Waals surface area contributed by atoms with E-state index in [1.54, 1.807) is 4.68 Å². The van der Waals surface area contributed by atoms with Crippen LogP contribution in [0.5, 0.6) is 5.88 Å². The van der Waals surface area contributed by atoms with Crippen LogP contribution in [0.15, 0.2) is 16.9 Å². The van der Waals surface area contributed by atoms with Crippen LogP contribution >= 0.6 is 0 Å². The summed E-state index contributed by atoms with van der Waals surface area (Å²) >= 11 is 0. The largest absolute Gasteiger partial charge is 0.407 e. The molecule has 2 aromatic rings. The highest BCUT2D eigenvalue weighted by molar-refractivity contribution is 5.80. The quantitative estimate of drug-likeness (QED) is 0.217. The molecule has 0 fully saturated rings. The Bertz CT molecular complexity index is 1020. The van der Waals surface area contributed by atoms with E-state index in [-0.39, 0.29) is 11.5 Å². The molecular weight excluding hydrogens is 452 g/mol. The summed E-state index contributed by atoms with van der Waals surface area (Å²) in [7, 11) is 0. The van der Waals surface area contributed by atoms with E-state index in [1.165, 1.54) is 44.1 Å². The molecule has 1 aliphatic rings. The van der Waals surface area contributed by atoms with Gasteiger partial charge in [0.1, 0.15) is 5.56 Å². The van der Waals surface area contributed by atoms with Crippen molar-refractivity contribution >= 4 is 5.97 Å². The lowest BCUT2D eigenvalue weighted by atomic mass is 9.91. The maximum Gasteiger partial charge on any atom is 0.312 e. The summed E-state index contributed by atoms with van der Waals surface area (Å²) in [5.74, 6) is 0.133. The minimum Gasteiger partial charge on any atom is -0.407 e. The second kappa shape index (κ2) is 14.4. The Morgan fingerprint density at radius 2 is 1.39 bits per heavy atom. The number of aryl methyl sites for hydroxylation is 3. The first-order valence-electron chi connectivity index (χ1n) is 14.3. The van der Waals surface area contributed by atoms with Crippen LogP contribution in [0.25, 0.3) is 11.1 Å². The highest BCUT2D eigenvalue weighted by Gasteiger charge is 2.28. The van der Waals surface area contributed by atoms with Gasteiger partial charge in [-0.15, -0.1) is 0 Å². The number of aromatic nitrogens is 2. The fraction of sp³-hybridized carbons (Fsp3) is 0.667. The van der Waals surface area contributed by atoms with Crippen molar-refractivity contribution < 1.29 is 14.3 Å². The maximum atomic E-state index is 13.7. The predicted molar refractivity (Wildman–Crippen MR) is 146 cm³/mol. The van der Waals surface area contributed by atoms with Crippen LogP contribution in [0.1, 0.15) is 102 Å². The molecule has 3 rings (SSSR count). The van der Waals surface area contributed by atoms with Gasteiger partial charge in [0.25, 0.3) is 5.56 Å². The molecule has 1 aliphatic heterocycles. The van der Waals surface area contributed by atoms with Crippen LogP contribution in [-0.4, -0.2) is 28.5 Å². The van der Waals surface area contributed by atoms with E-state index < -0.39 is 0 Å². The van der Waals surface area contributed by atoms with Gasteiger partial charge in [-0.25, -0.2) is 9.36 Å². The van der Waals surface area contributed by atoms with Crippen LogP contribution in [0.3, 0.4) is 0 Å². The summed E-state index contributed by atoms with van der Waals surface area (Å²) in [4.78, 5) is 26.7. The minimum absolute atomic E-state index is 0.0976. The maximum absolute atomic E-state index is 13.7. The number of nitrogens with zero attached hydrogens (tertiary/aromatic N) is 2. The Hall–Kier alpha value is -2.34. The third-order valence-corrected chi connectivity index (χ3v) is 7.24. The molecule has 0 N–H and O–H groups in total. The van der Waals surface area contributed by atoms with Crippen molar-refractivity contribution in [2.75, 3.05) is 13.2 Å². The molecule has 0 bridgehead atoms. The van der Waals surface area contributed by atoms with E-state index in [0.29, 0.717) is 44.2 Å². The monoisotopic (exact) mass is 498 g/mol. The number of hydrogen-bond acceptors (Lipinski definition) is 4. The van der Waals surface area contributed by atoms with Crippen molar-refractivity contribution in [1.82, 2.24) is 9.36 Å². The lowest BCUT2D eigenvalue weighted by Gasteiger charge is -2.16. The number of benzene rings is 1. The lowest BCUT2D eigenvalue weighted by Crippen LogP contribution is -2.24. The number of esters is 1. The summed E-state index contributed by atoms with van der Waals surface area (Å²) < 4.78 is 15.2. The second-order valence-electron chi connectivity index (χ2n) is 10.1. The van der Waals surface area contributed by atoms with Gasteiger partial charge in [-0.3, -0.25) is 9.59 Å². The van der Waals surface area contributed by atoms with Crippen LogP contribution < -0.4 is 10.3 Å². The normalized spacial score (nSPS) is 13.4. The zero-order valence-corrected chi connectivity index (χ0v) is 23.0. The van der Waals surface area contributed by atoms with Gasteiger partial charge in [-0.2, -0.15) is 0 Å². The van der Waals surface area contributed by atoms with Gasteiger partial charge >= 0.3 is 5.97 Å². The molecule has 0 atom stereocenters. The zero-order chi connectivity index (χ0) is 25.9. The fourth-order valence-electron chi connectivity index (χ4n) is 5.29. The van der Waals surface area contributed by atoms with Gasteiger partial charge in [-0.1, -0.05) is 89.8 Å². The first kappa shape index (κ1) is 28.2. The Morgan fingerprint density at radius 3 is 1.97 bits per heavy atom. The molecule has 0 radical (unpaired) electrons. The van der Waals surface area contributed by atoms with E-state index in [0.717, 1.165) is 48.8 Å². The average molecular weight is 499 g/mol. The highest BCUT2D eigenvalue weighted by atomic mass is 16.5. The van der Waals surface area contributed by atoms with Crippen LogP contribution in [0.2, 0.25) is 0 Å². The Morgan fingerprint density at radius 1 is 0.833 bits per heavy atom. The number of rotatable bonds is 14. The molecule has 6 heteroatoms. The summed E-state index contributed by atoms with van der Waals surface area (Å²) in [6.45, 7) is 10.5. The van der Waals surface area contributed by atoms with E-state index in [4.69, 9.17) is 9.47 Å². The SMILES string of the molecule is CCCCCCCCCCCC(=O)Oc1c(-c2c(CC)cc(C)cc2CC)c(=O)n2n1CCOCC2. The highest BCUT2D eigenvalue weighted by Crippen LogP contribution is 2.35. The molecule has 0 amide bonds. The molecule has 2 heterocycles. The summed E-state index contributed by atoms with van der Waals surface area (Å²) in [5, 5.41) is 0. The van der Waals surface area contributed by atoms with Crippen LogP contribution in [0.4, 0.5) is 0 Å². The standard InChI is InChI=1S/C30H46N2O4/c1-5-8-9-10-11-12-13-14-15-16-26(33)36-30-28(29(34)31-17-19-35-20-18-32(30)31)27-24(6-2)21-23(4)22-25(27)7-3/h21-22H,5-20H2,1-4H3. The molecule has 36 heavy (non-hydrogen) atoms. The van der Waals surface area contributed by atoms with Crippen molar-refractivity contribution in [2.45, 2.75) is 118 Å². The molecule has 1 aromatic carbocycles. The molecule has 0 aliphatic carbocycles. The van der Waals surface area contributed by atoms with Gasteiger partial charge in [0.05, 0.1) is 26.3 Å². The predicted octanol–water partition coefficient (Wildman–Crippen LogP) is 6.61. The van der Waals surface area contributed by atoms with Crippen molar-refractivity contribution in [3.05, 3.63) is 39.2 Å². The van der Waals surface area contributed by atoms with Gasteiger partial charge < -0.3 is 9.47 Å². The van der Waals surface area contributed by atoms with Crippen LogP contribution in [-0.2, 0) is 35.5 Å². The van der Waals surface area contributed by atoms with E-state index in [2.05, 4.69) is 39.8 Å². The van der Waals surface area contributed by atoms with Gasteiger partial charge in [0.15, 0.2) is 0 Å². The number of unbranched alkanes of at least 4 members (excludes halogenated alkanes) is 8. The molecule has 0 unspecified atom stereocenters. The molecule has 0 saturated heterocycles. The molecule has 0 saturated carbocycles. The molecule has 1 aromatic heterocycles. The van der Waals surface area contributed by atoms with Crippen molar-refractivity contribution in [3.8, 4) is 17.0 Å². The average Bonchev–Trinajstić information content (AvgIpc) is 3.01. The van der Waals surface area contributed by atoms with Gasteiger partial charge in [-0.05, 0) is 42.9 Å². The van der Waals surface area contributed by atoms with E-state index in [1.807, 2.05) is 4.68 Å². The number of hydrogen-bond donors (Lipinski definition) is 0. The fourth-order valence-corrected chi connectivity index (χ4v) is 5.29. The first-order valence-corrected chi connectivity index (χ1v) is 14.3. The Balaban J connectivity index is 1.79. The molecular formula is C30H46N2O4. The number of ether oxygens (including phenoxy) is 2. The van der Waals surface area contributed by atoms with Crippen molar-refractivity contribution in [2.24, 2.45) is 0 Å². The Kier molecular flexibility index (Phi) is 11.3. The minimum atomic E-state index is -0.256. The number of fused-ring (bicyclic) bond motifs is 1. The third kappa shape index (κ3) is 7.12. The number of carbonyl (C=O) groups excluding carboxylic acids is 1. The lowest BCUT2D eigenvalue weighted by molar-refractivity contribution is -0.135. The summed E-state index contributed by atoms with van der Waals surface area (Å²) in [6.07, 6.45) is 12.8. The zero-order valence-electron chi connectivity index (χ0n) is 23.0. The van der Waals surface area contributed by atoms with Crippen molar-refractivity contribution in [3.63, 3.8) is 0 Å². The first-order chi connectivity index (χ1) is 17.5. The van der Waals surface area contributed by atoms with E-state index in [9.17, 15) is 9.59 Å². The van der Waals surface area contributed by atoms with Gasteiger partial charge in [0, 0.05) is 6.42 Å². The molecule has 6 nitrogen and oxygen atoms in total. The molecule has 200 valence electrons. The van der Waals surface area contributed by atoms with E-state index >= 15 is 0 Å². The number of carbonyl (C=O) groups is 1. The van der Waals surface area contributed by atoms with Crippen LogP contribution in [0, 0.1) is 6.92 Å². The second-order valence-corrected chi connectivity index (χ2v) is 10.1. The smallest absolute Gasteiger partial charge is 0.312 e. The molecule has 0 spiro atoms.